The maximum Gasteiger partial charge on any atom is 0.163 e. The van der Waals surface area contributed by atoms with E-state index in [-0.39, 0.29) is 17.3 Å². The number of phenolic OH excluding ortho intramolecular Hbond substituents is 2. The topological polar surface area (TPSA) is 57.5 Å². The second-order valence-corrected chi connectivity index (χ2v) is 3.13. The molecule has 76 valence electrons. The molecule has 0 aliphatic carbocycles. The van der Waals surface area contributed by atoms with Crippen molar-refractivity contribution in [2.45, 2.75) is 26.7 Å². The Bertz CT molecular complexity index is 356. The van der Waals surface area contributed by atoms with Crippen LogP contribution in [0.5, 0.6) is 11.5 Å². The highest BCUT2D eigenvalue weighted by Gasteiger charge is 2.12. The molecular weight excluding hydrogens is 180 g/mol. The molecule has 0 aliphatic heterocycles. The van der Waals surface area contributed by atoms with E-state index in [4.69, 9.17) is 0 Å². The largest absolute Gasteiger partial charge is 0.504 e. The zero-order valence-electron chi connectivity index (χ0n) is 8.37. The summed E-state index contributed by atoms with van der Waals surface area (Å²) in [6.45, 7) is 3.67. The van der Waals surface area contributed by atoms with Crippen LogP contribution in [-0.2, 0) is 6.42 Å². The smallest absolute Gasteiger partial charge is 0.163 e. The number of phenols is 2. The van der Waals surface area contributed by atoms with Crippen molar-refractivity contribution in [1.29, 1.82) is 0 Å². The van der Waals surface area contributed by atoms with Gasteiger partial charge in [0.05, 0.1) is 0 Å². The van der Waals surface area contributed by atoms with Crippen LogP contribution in [0.2, 0.25) is 0 Å². The number of Topliss-reactive ketones (excluding diaryl/α,β-unsaturated/α-hetero) is 1. The molecule has 0 heterocycles. The molecule has 0 bridgehead atoms. The molecule has 3 heteroatoms. The lowest BCUT2D eigenvalue weighted by Gasteiger charge is -2.07. The maximum atomic E-state index is 11.5. The Hall–Kier alpha value is -1.51. The highest BCUT2D eigenvalue weighted by molar-refractivity contribution is 5.98. The van der Waals surface area contributed by atoms with E-state index in [2.05, 4.69) is 0 Å². The molecule has 0 aromatic heterocycles. The van der Waals surface area contributed by atoms with Crippen molar-refractivity contribution in [3.05, 3.63) is 23.3 Å². The van der Waals surface area contributed by atoms with Gasteiger partial charge in [0.15, 0.2) is 17.3 Å². The number of hydrogen-bond donors (Lipinski definition) is 2. The first-order valence-corrected chi connectivity index (χ1v) is 4.68. The quantitative estimate of drug-likeness (QED) is 0.573. The Morgan fingerprint density at radius 1 is 1.21 bits per heavy atom. The van der Waals surface area contributed by atoms with E-state index in [1.54, 1.807) is 6.92 Å². The predicted octanol–water partition coefficient (Wildman–Crippen LogP) is 2.25. The van der Waals surface area contributed by atoms with Crippen molar-refractivity contribution in [2.75, 3.05) is 0 Å². The van der Waals surface area contributed by atoms with Crippen LogP contribution in [0.4, 0.5) is 0 Å². The normalized spacial score (nSPS) is 10.1. The molecule has 1 aromatic carbocycles. The third kappa shape index (κ3) is 1.87. The van der Waals surface area contributed by atoms with Crippen molar-refractivity contribution in [1.82, 2.24) is 0 Å². The van der Waals surface area contributed by atoms with E-state index in [1.165, 1.54) is 12.1 Å². The highest BCUT2D eigenvalue weighted by Crippen LogP contribution is 2.29. The molecule has 0 saturated carbocycles. The fraction of sp³-hybridized carbons (Fsp3) is 0.364. The standard InChI is InChI=1S/C11H14O3/c1-3-7-5-10(13)11(14)6-8(7)9(12)4-2/h5-6,13-14H,3-4H2,1-2H3. The second kappa shape index (κ2) is 4.13. The van der Waals surface area contributed by atoms with Crippen molar-refractivity contribution in [3.8, 4) is 11.5 Å². The molecular formula is C11H14O3. The summed E-state index contributed by atoms with van der Waals surface area (Å²) >= 11 is 0. The van der Waals surface area contributed by atoms with Crippen molar-refractivity contribution in [2.24, 2.45) is 0 Å². The zero-order chi connectivity index (χ0) is 10.7. The van der Waals surface area contributed by atoms with Crippen LogP contribution < -0.4 is 0 Å². The Kier molecular flexibility index (Phi) is 3.12. The maximum absolute atomic E-state index is 11.5. The van der Waals surface area contributed by atoms with Gasteiger partial charge in [0, 0.05) is 12.0 Å². The average molecular weight is 194 g/mol. The summed E-state index contributed by atoms with van der Waals surface area (Å²) in [5.41, 5.74) is 1.28. The summed E-state index contributed by atoms with van der Waals surface area (Å²) in [7, 11) is 0. The van der Waals surface area contributed by atoms with Crippen molar-refractivity contribution < 1.29 is 15.0 Å². The highest BCUT2D eigenvalue weighted by atomic mass is 16.3. The van der Waals surface area contributed by atoms with E-state index in [0.717, 1.165) is 5.56 Å². The average Bonchev–Trinajstić information content (AvgIpc) is 2.20. The monoisotopic (exact) mass is 194 g/mol. The molecule has 0 unspecified atom stereocenters. The second-order valence-electron chi connectivity index (χ2n) is 3.13. The molecule has 1 rings (SSSR count). The van der Waals surface area contributed by atoms with Gasteiger partial charge in [-0.25, -0.2) is 0 Å². The zero-order valence-corrected chi connectivity index (χ0v) is 8.37. The van der Waals surface area contributed by atoms with Crippen LogP contribution in [-0.4, -0.2) is 16.0 Å². The van der Waals surface area contributed by atoms with Crippen LogP contribution in [0.25, 0.3) is 0 Å². The van der Waals surface area contributed by atoms with Crippen molar-refractivity contribution in [3.63, 3.8) is 0 Å². The molecule has 1 aromatic rings. The van der Waals surface area contributed by atoms with Gasteiger partial charge in [0.25, 0.3) is 0 Å². The van der Waals surface area contributed by atoms with Gasteiger partial charge in [-0.2, -0.15) is 0 Å². The predicted molar refractivity (Wildman–Crippen MR) is 53.8 cm³/mol. The summed E-state index contributed by atoms with van der Waals surface area (Å²) < 4.78 is 0. The number of benzene rings is 1. The Morgan fingerprint density at radius 2 is 1.79 bits per heavy atom. The van der Waals surface area contributed by atoms with Crippen LogP contribution in [0.15, 0.2) is 12.1 Å². The van der Waals surface area contributed by atoms with Gasteiger partial charge in [-0.05, 0) is 24.1 Å². The van der Waals surface area contributed by atoms with E-state index in [0.29, 0.717) is 18.4 Å². The number of carbonyl (C=O) groups excluding carboxylic acids is 1. The number of ketones is 1. The Balaban J connectivity index is 3.27. The molecule has 0 radical (unpaired) electrons. The van der Waals surface area contributed by atoms with E-state index >= 15 is 0 Å². The number of carbonyl (C=O) groups is 1. The first kappa shape index (κ1) is 10.6. The first-order chi connectivity index (χ1) is 6.60. The minimum absolute atomic E-state index is 0.0165. The van der Waals surface area contributed by atoms with Crippen LogP contribution in [0.1, 0.15) is 36.2 Å². The van der Waals surface area contributed by atoms with Crippen LogP contribution in [0.3, 0.4) is 0 Å². The lowest BCUT2D eigenvalue weighted by Crippen LogP contribution is -2.01. The molecule has 0 spiro atoms. The van der Waals surface area contributed by atoms with Gasteiger partial charge in [-0.15, -0.1) is 0 Å². The van der Waals surface area contributed by atoms with Crippen molar-refractivity contribution >= 4 is 5.78 Å². The Morgan fingerprint density at radius 3 is 2.29 bits per heavy atom. The summed E-state index contributed by atoms with van der Waals surface area (Å²) in [5.74, 6) is -0.425. The SMILES string of the molecule is CCC(=O)c1cc(O)c(O)cc1CC. The van der Waals surface area contributed by atoms with Gasteiger partial charge in [0.1, 0.15) is 0 Å². The van der Waals surface area contributed by atoms with Gasteiger partial charge in [0.2, 0.25) is 0 Å². The summed E-state index contributed by atoms with van der Waals surface area (Å²) in [4.78, 5) is 11.5. The van der Waals surface area contributed by atoms with Gasteiger partial charge in [-0.3, -0.25) is 4.79 Å². The third-order valence-corrected chi connectivity index (χ3v) is 2.20. The fourth-order valence-electron chi connectivity index (χ4n) is 1.36. The van der Waals surface area contributed by atoms with E-state index in [1.807, 2.05) is 6.92 Å². The number of hydrogen-bond acceptors (Lipinski definition) is 3. The van der Waals surface area contributed by atoms with E-state index in [9.17, 15) is 15.0 Å². The van der Waals surface area contributed by atoms with Gasteiger partial charge >= 0.3 is 0 Å². The van der Waals surface area contributed by atoms with Crippen LogP contribution in [0, 0.1) is 0 Å². The molecule has 0 aliphatic rings. The molecule has 0 saturated heterocycles. The summed E-state index contributed by atoms with van der Waals surface area (Å²) in [5, 5.41) is 18.5. The molecule has 14 heavy (non-hydrogen) atoms. The van der Waals surface area contributed by atoms with Gasteiger partial charge < -0.3 is 10.2 Å². The number of rotatable bonds is 3. The Labute approximate surface area is 83.0 Å². The molecule has 0 fully saturated rings. The first-order valence-electron chi connectivity index (χ1n) is 4.68. The fourth-order valence-corrected chi connectivity index (χ4v) is 1.36. The van der Waals surface area contributed by atoms with Crippen LogP contribution >= 0.6 is 0 Å². The number of aryl methyl sites for hydroxylation is 1. The summed E-state index contributed by atoms with van der Waals surface area (Å²) in [6.07, 6.45) is 1.06. The lowest BCUT2D eigenvalue weighted by atomic mass is 9.99. The molecule has 2 N–H and O–H groups in total. The minimum Gasteiger partial charge on any atom is -0.504 e. The molecule has 0 atom stereocenters. The van der Waals surface area contributed by atoms with E-state index < -0.39 is 0 Å². The van der Waals surface area contributed by atoms with Gasteiger partial charge in [-0.1, -0.05) is 13.8 Å². The number of aromatic hydroxyl groups is 2. The summed E-state index contributed by atoms with van der Waals surface area (Å²) in [6, 6.07) is 2.78. The molecule has 3 nitrogen and oxygen atoms in total. The lowest BCUT2D eigenvalue weighted by molar-refractivity contribution is 0.0987. The molecule has 0 amide bonds. The third-order valence-electron chi connectivity index (χ3n) is 2.20. The minimum atomic E-state index is -0.237.